The molecule has 6 N–H and O–H groups in total. The van der Waals surface area contributed by atoms with Crippen LogP contribution in [0, 0.1) is 0 Å². The first-order valence-corrected chi connectivity index (χ1v) is 28.1. The third kappa shape index (κ3) is 36.7. The average Bonchev–Trinajstić information content (AvgIpc) is 3.32. The molecule has 0 aromatic carbocycles. The summed E-state index contributed by atoms with van der Waals surface area (Å²) in [6.07, 6.45) is 44.2. The molecule has 0 saturated carbocycles. The molecule has 11 nitrogen and oxygen atoms in total. The maximum atomic E-state index is 13.0. The van der Waals surface area contributed by atoms with Gasteiger partial charge in [0.1, 0.15) is 24.4 Å². The van der Waals surface area contributed by atoms with Gasteiger partial charge in [0.2, 0.25) is 5.91 Å². The maximum Gasteiger partial charge on any atom is 0.305 e. The van der Waals surface area contributed by atoms with Gasteiger partial charge < -0.3 is 45.1 Å². The van der Waals surface area contributed by atoms with Crippen LogP contribution >= 0.6 is 0 Å². The number of rotatable bonds is 48. The number of carbonyl (C=O) groups is 2. The van der Waals surface area contributed by atoms with E-state index in [1.807, 2.05) is 6.08 Å². The van der Waals surface area contributed by atoms with E-state index in [2.05, 4.69) is 31.3 Å². The number of aliphatic hydroxyl groups is 5. The zero-order valence-electron chi connectivity index (χ0n) is 43.1. The Morgan fingerprint density at radius 1 is 0.537 bits per heavy atom. The van der Waals surface area contributed by atoms with Crippen molar-refractivity contribution in [3.63, 3.8) is 0 Å². The van der Waals surface area contributed by atoms with Gasteiger partial charge in [0.25, 0.3) is 0 Å². The Kier molecular flexibility index (Phi) is 43.8. The van der Waals surface area contributed by atoms with E-state index in [9.17, 15) is 35.1 Å². The number of aliphatic hydroxyl groups excluding tert-OH is 5. The molecule has 1 aliphatic heterocycles. The van der Waals surface area contributed by atoms with Crippen molar-refractivity contribution in [1.29, 1.82) is 0 Å². The van der Waals surface area contributed by atoms with Crippen LogP contribution in [0.4, 0.5) is 0 Å². The number of unbranched alkanes of at least 4 members (excludes halogenated alkanes) is 32. The fourth-order valence-corrected chi connectivity index (χ4v) is 8.80. The molecule has 7 unspecified atom stereocenters. The lowest BCUT2D eigenvalue weighted by atomic mass is 9.99. The second-order valence-corrected chi connectivity index (χ2v) is 19.6. The molecule has 1 heterocycles. The van der Waals surface area contributed by atoms with Crippen LogP contribution in [0.5, 0.6) is 0 Å². The molecular formula is C56H105NO10. The number of hydrogen-bond acceptors (Lipinski definition) is 10. The summed E-state index contributed by atoms with van der Waals surface area (Å²) >= 11 is 0. The highest BCUT2D eigenvalue weighted by Gasteiger charge is 2.44. The lowest BCUT2D eigenvalue weighted by Crippen LogP contribution is -2.60. The molecule has 1 aliphatic rings. The van der Waals surface area contributed by atoms with E-state index in [1.165, 1.54) is 167 Å². The van der Waals surface area contributed by atoms with Gasteiger partial charge in [-0.25, -0.2) is 0 Å². The molecular weight excluding hydrogens is 847 g/mol. The minimum Gasteiger partial charge on any atom is -0.466 e. The summed E-state index contributed by atoms with van der Waals surface area (Å²) in [5, 5.41) is 54.1. The van der Waals surface area contributed by atoms with Crippen molar-refractivity contribution in [2.75, 3.05) is 19.8 Å². The van der Waals surface area contributed by atoms with Crippen LogP contribution in [0.1, 0.15) is 258 Å². The standard InChI is InChI=1S/C56H105NO10/c1-3-5-7-9-11-13-23-28-32-36-40-44-52(61)65-45-41-37-33-29-25-22-20-18-16-14-15-17-19-21-24-27-31-35-39-43-51(60)57-48(49(59)42-38-34-30-26-12-10-8-6-4-2)47-66-56-55(64)54(63)53(62)50(46-58)67-56/h12,26,38,42,48-50,53-56,58-59,62-64H,3-11,13-25,27-37,39-41,43-47H2,1-2H3,(H,57,60)/b26-12+,42-38+. The van der Waals surface area contributed by atoms with Gasteiger partial charge >= 0.3 is 5.97 Å². The quantitative estimate of drug-likeness (QED) is 0.0196. The first-order valence-electron chi connectivity index (χ1n) is 28.1. The van der Waals surface area contributed by atoms with Crippen LogP contribution in [-0.4, -0.2) is 100 Å². The highest BCUT2D eigenvalue weighted by atomic mass is 16.7. The van der Waals surface area contributed by atoms with Gasteiger partial charge in [0, 0.05) is 12.8 Å². The van der Waals surface area contributed by atoms with E-state index >= 15 is 0 Å². The molecule has 1 rings (SSSR count). The lowest BCUT2D eigenvalue weighted by molar-refractivity contribution is -0.302. The maximum absolute atomic E-state index is 13.0. The predicted octanol–water partition coefficient (Wildman–Crippen LogP) is 12.2. The van der Waals surface area contributed by atoms with Crippen molar-refractivity contribution < 1.29 is 49.3 Å². The third-order valence-corrected chi connectivity index (χ3v) is 13.3. The van der Waals surface area contributed by atoms with E-state index in [4.69, 9.17) is 14.2 Å². The van der Waals surface area contributed by atoms with Gasteiger partial charge in [-0.05, 0) is 44.9 Å². The third-order valence-electron chi connectivity index (χ3n) is 13.3. The smallest absolute Gasteiger partial charge is 0.305 e. The van der Waals surface area contributed by atoms with Gasteiger partial charge in [0.15, 0.2) is 6.29 Å². The van der Waals surface area contributed by atoms with E-state index < -0.39 is 49.5 Å². The van der Waals surface area contributed by atoms with Crippen molar-refractivity contribution in [1.82, 2.24) is 5.32 Å². The molecule has 0 aliphatic carbocycles. The molecule has 394 valence electrons. The van der Waals surface area contributed by atoms with E-state index in [0.29, 0.717) is 19.4 Å². The molecule has 0 aromatic rings. The summed E-state index contributed by atoms with van der Waals surface area (Å²) in [7, 11) is 0. The topological polar surface area (TPSA) is 175 Å². The molecule has 11 heteroatoms. The molecule has 0 bridgehead atoms. The Morgan fingerprint density at radius 2 is 0.970 bits per heavy atom. The first kappa shape index (κ1) is 63.2. The number of ether oxygens (including phenoxy) is 3. The van der Waals surface area contributed by atoms with Crippen molar-refractivity contribution in [3.8, 4) is 0 Å². The van der Waals surface area contributed by atoms with E-state index in [1.54, 1.807) is 6.08 Å². The number of hydrogen-bond donors (Lipinski definition) is 6. The molecule has 0 radical (unpaired) electrons. The summed E-state index contributed by atoms with van der Waals surface area (Å²) in [5.41, 5.74) is 0. The number of nitrogens with one attached hydrogen (secondary N) is 1. The minimum atomic E-state index is -1.58. The van der Waals surface area contributed by atoms with Gasteiger partial charge in [0.05, 0.1) is 32.0 Å². The Bertz CT molecular complexity index is 1170. The SMILES string of the molecule is CCCCC/C=C/CC/C=C/C(O)C(COC1OC(CO)C(O)C(O)C1O)NC(=O)CCCCCCCCCCCCCCCCCCCCCOC(=O)CCCCCCCCCCCCC. The number of esters is 1. The van der Waals surface area contributed by atoms with Gasteiger partial charge in [-0.15, -0.1) is 0 Å². The molecule has 0 spiro atoms. The molecule has 7 atom stereocenters. The van der Waals surface area contributed by atoms with Crippen LogP contribution in [0.15, 0.2) is 24.3 Å². The minimum absolute atomic E-state index is 0.00696. The van der Waals surface area contributed by atoms with Crippen molar-refractivity contribution in [2.24, 2.45) is 0 Å². The summed E-state index contributed by atoms with van der Waals surface area (Å²) in [6, 6.07) is -0.827. The van der Waals surface area contributed by atoms with Crippen LogP contribution in [-0.2, 0) is 23.8 Å². The molecule has 1 amide bonds. The van der Waals surface area contributed by atoms with Crippen molar-refractivity contribution in [2.45, 2.75) is 301 Å². The Labute approximate surface area is 410 Å². The zero-order valence-corrected chi connectivity index (χ0v) is 43.1. The van der Waals surface area contributed by atoms with Crippen molar-refractivity contribution in [3.05, 3.63) is 24.3 Å². The molecule has 1 saturated heterocycles. The first-order chi connectivity index (χ1) is 32.7. The highest BCUT2D eigenvalue weighted by Crippen LogP contribution is 2.23. The molecule has 0 aromatic heterocycles. The second kappa shape index (κ2) is 46.5. The predicted molar refractivity (Wildman–Crippen MR) is 274 cm³/mol. The Hall–Kier alpha value is -1.86. The van der Waals surface area contributed by atoms with Crippen LogP contribution in [0.25, 0.3) is 0 Å². The van der Waals surface area contributed by atoms with Crippen LogP contribution in [0.3, 0.4) is 0 Å². The number of carbonyl (C=O) groups excluding carboxylic acids is 2. The fraction of sp³-hybridized carbons (Fsp3) is 0.893. The monoisotopic (exact) mass is 952 g/mol. The molecule has 1 fully saturated rings. The Balaban J connectivity index is 2.05. The van der Waals surface area contributed by atoms with Gasteiger partial charge in [-0.2, -0.15) is 0 Å². The fourth-order valence-electron chi connectivity index (χ4n) is 8.80. The summed E-state index contributed by atoms with van der Waals surface area (Å²) in [4.78, 5) is 25.0. The second-order valence-electron chi connectivity index (χ2n) is 19.6. The number of allylic oxidation sites excluding steroid dienone is 3. The summed E-state index contributed by atoms with van der Waals surface area (Å²) < 4.78 is 16.6. The van der Waals surface area contributed by atoms with E-state index in [0.717, 1.165) is 64.2 Å². The van der Waals surface area contributed by atoms with Crippen molar-refractivity contribution >= 4 is 11.9 Å². The largest absolute Gasteiger partial charge is 0.466 e. The zero-order chi connectivity index (χ0) is 48.8. The van der Waals surface area contributed by atoms with Gasteiger partial charge in [-0.3, -0.25) is 9.59 Å². The van der Waals surface area contributed by atoms with Gasteiger partial charge in [-0.1, -0.05) is 224 Å². The normalized spacial score (nSPS) is 19.7. The molecule has 67 heavy (non-hydrogen) atoms. The van der Waals surface area contributed by atoms with Crippen LogP contribution in [0.2, 0.25) is 0 Å². The number of amides is 1. The van der Waals surface area contributed by atoms with Crippen LogP contribution < -0.4 is 5.32 Å². The summed E-state index contributed by atoms with van der Waals surface area (Å²) in [6.45, 7) is 4.26. The lowest BCUT2D eigenvalue weighted by Gasteiger charge is -2.40. The average molecular weight is 952 g/mol. The Morgan fingerprint density at radius 3 is 1.48 bits per heavy atom. The highest BCUT2D eigenvalue weighted by molar-refractivity contribution is 5.76. The summed E-state index contributed by atoms with van der Waals surface area (Å²) in [5.74, 6) is -0.204. The van der Waals surface area contributed by atoms with E-state index in [-0.39, 0.29) is 18.5 Å².